The van der Waals surface area contributed by atoms with Gasteiger partial charge in [-0.2, -0.15) is 0 Å². The summed E-state index contributed by atoms with van der Waals surface area (Å²) in [6.45, 7) is 5.25. The van der Waals surface area contributed by atoms with Gasteiger partial charge in [0, 0.05) is 31.6 Å². The maximum Gasteiger partial charge on any atom is 0.249 e. The van der Waals surface area contributed by atoms with Gasteiger partial charge in [-0.3, -0.25) is 14.9 Å². The maximum absolute atomic E-state index is 12.5. The van der Waals surface area contributed by atoms with Gasteiger partial charge in [0.15, 0.2) is 0 Å². The Hall–Kier alpha value is -2.57. The van der Waals surface area contributed by atoms with Crippen LogP contribution < -0.4 is 10.1 Å². The minimum Gasteiger partial charge on any atom is -0.494 e. The van der Waals surface area contributed by atoms with Gasteiger partial charge in [-0.1, -0.05) is 33.1 Å². The molecule has 0 spiro atoms. The fraction of sp³-hybridized carbons (Fsp3) is 0.625. The Labute approximate surface area is 184 Å². The normalized spacial score (nSPS) is 20.8. The second kappa shape index (κ2) is 9.28. The molecule has 0 bridgehead atoms. The molecule has 0 radical (unpaired) electrons. The molecule has 4 rings (SSSR count). The van der Waals surface area contributed by atoms with Crippen molar-refractivity contribution in [2.45, 2.75) is 77.4 Å². The second-order valence-corrected chi connectivity index (χ2v) is 9.28. The molecule has 168 valence electrons. The summed E-state index contributed by atoms with van der Waals surface area (Å²) >= 11 is 0. The van der Waals surface area contributed by atoms with Crippen molar-refractivity contribution in [1.82, 2.24) is 15.1 Å². The molecule has 1 N–H and O–H groups in total. The molecule has 31 heavy (non-hydrogen) atoms. The Morgan fingerprint density at radius 2 is 2.06 bits per heavy atom. The highest BCUT2D eigenvalue weighted by Crippen LogP contribution is 2.33. The quantitative estimate of drug-likeness (QED) is 0.676. The van der Waals surface area contributed by atoms with Crippen LogP contribution in [-0.2, 0) is 16.1 Å². The lowest BCUT2D eigenvalue weighted by Gasteiger charge is -2.31. The average Bonchev–Trinajstić information content (AvgIpc) is 3.09. The zero-order chi connectivity index (χ0) is 22.0. The van der Waals surface area contributed by atoms with Gasteiger partial charge in [0.05, 0.1) is 12.3 Å². The molecule has 1 aromatic rings. The van der Waals surface area contributed by atoms with Crippen LogP contribution in [0.2, 0.25) is 0 Å². The first-order valence-electron chi connectivity index (χ1n) is 11.6. The van der Waals surface area contributed by atoms with Gasteiger partial charge in [0.2, 0.25) is 17.8 Å². The Morgan fingerprint density at radius 3 is 2.81 bits per heavy atom. The summed E-state index contributed by atoms with van der Waals surface area (Å²) < 4.78 is 5.93. The molecule has 3 aliphatic rings. The topological polar surface area (TPSA) is 74.2 Å². The summed E-state index contributed by atoms with van der Waals surface area (Å²) in [7, 11) is 1.94. The van der Waals surface area contributed by atoms with Crippen molar-refractivity contribution in [2.24, 2.45) is 10.9 Å². The molecule has 1 aliphatic carbocycles. The van der Waals surface area contributed by atoms with E-state index in [1.54, 1.807) is 0 Å². The number of nitrogens with one attached hydrogen (secondary N) is 1. The van der Waals surface area contributed by atoms with Gasteiger partial charge in [-0.05, 0) is 43.4 Å². The number of guanidine groups is 1. The third-order valence-corrected chi connectivity index (χ3v) is 6.68. The summed E-state index contributed by atoms with van der Waals surface area (Å²) in [4.78, 5) is 33.4. The number of nitrogens with zero attached hydrogens (tertiary/aromatic N) is 3. The van der Waals surface area contributed by atoms with E-state index in [1.165, 1.54) is 19.3 Å². The number of ether oxygens (including phenoxy) is 1. The highest BCUT2D eigenvalue weighted by atomic mass is 16.5. The van der Waals surface area contributed by atoms with Crippen molar-refractivity contribution in [3.63, 3.8) is 0 Å². The number of hydrogen-bond donors (Lipinski definition) is 1. The summed E-state index contributed by atoms with van der Waals surface area (Å²) in [5.41, 5.74) is 1.92. The van der Waals surface area contributed by atoms with Crippen LogP contribution >= 0.6 is 0 Å². The van der Waals surface area contributed by atoms with Crippen molar-refractivity contribution >= 4 is 23.5 Å². The van der Waals surface area contributed by atoms with Crippen molar-refractivity contribution in [2.75, 3.05) is 13.7 Å². The molecule has 2 amide bonds. The maximum atomic E-state index is 12.5. The summed E-state index contributed by atoms with van der Waals surface area (Å²) in [6.07, 6.45) is 7.24. The number of aliphatic imine (C=N–C) groups is 1. The van der Waals surface area contributed by atoms with E-state index < -0.39 is 0 Å². The highest BCUT2D eigenvalue weighted by Gasteiger charge is 2.40. The zero-order valence-electron chi connectivity index (χ0n) is 18.9. The van der Waals surface area contributed by atoms with Gasteiger partial charge < -0.3 is 14.5 Å². The SMILES string of the molecule is CC(C)[C@H]1C(=O)NC2=Nc3ccc(OCCCC(=O)N(C)C4CCCCC4)cc3CN21. The number of carbonyl (C=O) groups is 2. The van der Waals surface area contributed by atoms with Gasteiger partial charge in [-0.25, -0.2) is 4.99 Å². The summed E-state index contributed by atoms with van der Waals surface area (Å²) in [6, 6.07) is 6.07. The van der Waals surface area contributed by atoms with E-state index in [-0.39, 0.29) is 23.8 Å². The molecule has 0 aromatic heterocycles. The molecule has 7 heteroatoms. The lowest BCUT2D eigenvalue weighted by atomic mass is 9.94. The fourth-order valence-electron chi connectivity index (χ4n) is 4.90. The van der Waals surface area contributed by atoms with E-state index in [2.05, 4.69) is 24.2 Å². The molecular formula is C24H34N4O3. The van der Waals surface area contributed by atoms with Gasteiger partial charge >= 0.3 is 0 Å². The monoisotopic (exact) mass is 426 g/mol. The van der Waals surface area contributed by atoms with Crippen LogP contribution in [0, 0.1) is 5.92 Å². The molecule has 2 aliphatic heterocycles. The predicted molar refractivity (Wildman–Crippen MR) is 120 cm³/mol. The molecule has 0 unspecified atom stereocenters. The number of rotatable bonds is 7. The van der Waals surface area contributed by atoms with Crippen molar-refractivity contribution in [1.29, 1.82) is 0 Å². The minimum absolute atomic E-state index is 0.0147. The predicted octanol–water partition coefficient (Wildman–Crippen LogP) is 3.59. The van der Waals surface area contributed by atoms with Crippen LogP contribution in [0.15, 0.2) is 23.2 Å². The average molecular weight is 427 g/mol. The van der Waals surface area contributed by atoms with Crippen LogP contribution in [0.25, 0.3) is 0 Å². The molecule has 1 atom stereocenters. The fourth-order valence-corrected chi connectivity index (χ4v) is 4.90. The number of benzene rings is 1. The van der Waals surface area contributed by atoms with Gasteiger partial charge in [-0.15, -0.1) is 0 Å². The van der Waals surface area contributed by atoms with Crippen LogP contribution in [-0.4, -0.2) is 53.3 Å². The lowest BCUT2D eigenvalue weighted by molar-refractivity contribution is -0.132. The van der Waals surface area contributed by atoms with E-state index in [0.717, 1.165) is 29.8 Å². The Bertz CT molecular complexity index is 860. The first-order chi connectivity index (χ1) is 14.9. The molecule has 2 heterocycles. The van der Waals surface area contributed by atoms with E-state index in [4.69, 9.17) is 4.74 Å². The van der Waals surface area contributed by atoms with Crippen LogP contribution in [0.5, 0.6) is 5.75 Å². The molecule has 7 nitrogen and oxygen atoms in total. The lowest BCUT2D eigenvalue weighted by Crippen LogP contribution is -2.39. The van der Waals surface area contributed by atoms with Crippen LogP contribution in [0.1, 0.15) is 64.4 Å². The molecule has 1 saturated heterocycles. The van der Waals surface area contributed by atoms with Gasteiger partial charge in [0.25, 0.3) is 0 Å². The van der Waals surface area contributed by atoms with Crippen LogP contribution in [0.3, 0.4) is 0 Å². The van der Waals surface area contributed by atoms with Gasteiger partial charge in [0.1, 0.15) is 11.8 Å². The van der Waals surface area contributed by atoms with Crippen molar-refractivity contribution in [3.05, 3.63) is 23.8 Å². The Kier molecular flexibility index (Phi) is 6.49. The number of hydrogen-bond acceptors (Lipinski definition) is 5. The third kappa shape index (κ3) is 4.70. The number of carbonyl (C=O) groups excluding carboxylic acids is 2. The minimum atomic E-state index is -0.191. The summed E-state index contributed by atoms with van der Waals surface area (Å²) in [5.74, 6) is 1.86. The third-order valence-electron chi connectivity index (χ3n) is 6.68. The molecular weight excluding hydrogens is 392 g/mol. The Balaban J connectivity index is 1.29. The smallest absolute Gasteiger partial charge is 0.249 e. The van der Waals surface area contributed by atoms with E-state index in [1.807, 2.05) is 35.0 Å². The van der Waals surface area contributed by atoms with E-state index >= 15 is 0 Å². The van der Waals surface area contributed by atoms with E-state index in [0.29, 0.717) is 38.0 Å². The Morgan fingerprint density at radius 1 is 1.29 bits per heavy atom. The van der Waals surface area contributed by atoms with E-state index in [9.17, 15) is 9.59 Å². The zero-order valence-corrected chi connectivity index (χ0v) is 18.9. The number of fused-ring (bicyclic) bond motifs is 2. The second-order valence-electron chi connectivity index (χ2n) is 9.28. The standard InChI is InChI=1S/C24H34N4O3/c1-16(2)22-23(30)26-24-25-20-12-11-19(14-17(20)15-28(22)24)31-13-7-10-21(29)27(3)18-8-5-4-6-9-18/h11-12,14,16,18,22H,4-10,13,15H2,1-3H3,(H,25,26,30)/t22-/m0/s1. The highest BCUT2D eigenvalue weighted by molar-refractivity contribution is 6.07. The molecule has 2 fully saturated rings. The first-order valence-corrected chi connectivity index (χ1v) is 11.6. The largest absolute Gasteiger partial charge is 0.494 e. The summed E-state index contributed by atoms with van der Waals surface area (Å²) in [5, 5.41) is 2.90. The van der Waals surface area contributed by atoms with Crippen molar-refractivity contribution in [3.8, 4) is 5.75 Å². The number of amides is 2. The first kappa shape index (κ1) is 21.7. The van der Waals surface area contributed by atoms with Crippen molar-refractivity contribution < 1.29 is 14.3 Å². The van der Waals surface area contributed by atoms with Crippen LogP contribution in [0.4, 0.5) is 5.69 Å². The molecule has 1 aromatic carbocycles. The molecule has 1 saturated carbocycles.